The predicted octanol–water partition coefficient (Wildman–Crippen LogP) is 1.67. The molecule has 0 aliphatic heterocycles. The van der Waals surface area contributed by atoms with Gasteiger partial charge in [-0.15, -0.1) is 0 Å². The summed E-state index contributed by atoms with van der Waals surface area (Å²) in [5.41, 5.74) is -2.11. The molecular formula is C13H14F4N2O3. The number of carbonyl (C=O) groups excluding carboxylic acids is 2. The van der Waals surface area contributed by atoms with Gasteiger partial charge in [0.2, 0.25) is 0 Å². The van der Waals surface area contributed by atoms with Crippen molar-refractivity contribution in [3.8, 4) is 0 Å². The lowest BCUT2D eigenvalue weighted by atomic mass is 10.1. The van der Waals surface area contributed by atoms with Gasteiger partial charge < -0.3 is 15.7 Å². The van der Waals surface area contributed by atoms with E-state index in [9.17, 15) is 27.2 Å². The van der Waals surface area contributed by atoms with Crippen molar-refractivity contribution in [3.05, 3.63) is 29.6 Å². The Morgan fingerprint density at radius 2 is 1.91 bits per heavy atom. The molecule has 0 saturated carbocycles. The minimum Gasteiger partial charge on any atom is -0.393 e. The molecule has 1 aromatic carbocycles. The quantitative estimate of drug-likeness (QED) is 0.583. The van der Waals surface area contributed by atoms with Crippen LogP contribution in [-0.2, 0) is 15.8 Å². The maximum atomic E-state index is 12.9. The van der Waals surface area contributed by atoms with Crippen molar-refractivity contribution >= 4 is 17.5 Å². The van der Waals surface area contributed by atoms with E-state index in [4.69, 9.17) is 5.11 Å². The lowest BCUT2D eigenvalue weighted by Crippen LogP contribution is -2.37. The highest BCUT2D eigenvalue weighted by molar-refractivity contribution is 6.39. The number of carbonyl (C=O) groups is 2. The lowest BCUT2D eigenvalue weighted by molar-refractivity contribution is -0.138. The Bertz CT molecular complexity index is 559. The van der Waals surface area contributed by atoms with Gasteiger partial charge in [0.1, 0.15) is 5.82 Å². The molecule has 1 rings (SSSR count). The molecule has 0 aromatic heterocycles. The van der Waals surface area contributed by atoms with Gasteiger partial charge in [-0.3, -0.25) is 9.59 Å². The number of anilines is 1. The maximum Gasteiger partial charge on any atom is 0.418 e. The van der Waals surface area contributed by atoms with Crippen molar-refractivity contribution in [2.75, 3.05) is 11.9 Å². The van der Waals surface area contributed by atoms with E-state index in [1.165, 1.54) is 6.92 Å². The number of hydrogen-bond donors (Lipinski definition) is 3. The fraction of sp³-hybridized carbons (Fsp3) is 0.385. The molecule has 22 heavy (non-hydrogen) atoms. The number of halogens is 4. The molecule has 9 heteroatoms. The number of amides is 2. The summed E-state index contributed by atoms with van der Waals surface area (Å²) in [5, 5.41) is 12.9. The molecule has 0 aliphatic carbocycles. The van der Waals surface area contributed by atoms with Crippen LogP contribution in [0.3, 0.4) is 0 Å². The summed E-state index contributed by atoms with van der Waals surface area (Å²) in [6.45, 7) is 1.46. The Kier molecular flexibility index (Phi) is 5.86. The summed E-state index contributed by atoms with van der Waals surface area (Å²) < 4.78 is 51.1. The van der Waals surface area contributed by atoms with E-state index in [1.54, 1.807) is 5.32 Å². The smallest absolute Gasteiger partial charge is 0.393 e. The van der Waals surface area contributed by atoms with Gasteiger partial charge >= 0.3 is 18.0 Å². The number of hydrogen-bond acceptors (Lipinski definition) is 3. The molecular weight excluding hydrogens is 308 g/mol. The molecule has 0 bridgehead atoms. The highest BCUT2D eigenvalue weighted by Crippen LogP contribution is 2.35. The van der Waals surface area contributed by atoms with Crippen LogP contribution in [0.4, 0.5) is 23.2 Å². The first kappa shape index (κ1) is 17.9. The van der Waals surface area contributed by atoms with E-state index in [0.29, 0.717) is 0 Å². The maximum absolute atomic E-state index is 12.9. The summed E-state index contributed by atoms with van der Waals surface area (Å²) in [6.07, 6.45) is -5.39. The highest BCUT2D eigenvalue weighted by Gasteiger charge is 2.34. The molecule has 1 unspecified atom stereocenters. The third-order valence-electron chi connectivity index (χ3n) is 2.59. The Balaban J connectivity index is 2.78. The van der Waals surface area contributed by atoms with Crippen LogP contribution in [0, 0.1) is 5.82 Å². The molecule has 0 spiro atoms. The molecule has 0 radical (unpaired) electrons. The molecule has 3 N–H and O–H groups in total. The Morgan fingerprint density at radius 3 is 2.45 bits per heavy atom. The lowest BCUT2D eigenvalue weighted by Gasteiger charge is -2.13. The normalized spacial score (nSPS) is 12.6. The van der Waals surface area contributed by atoms with Crippen LogP contribution < -0.4 is 10.6 Å². The van der Waals surface area contributed by atoms with Crippen LogP contribution in [0.1, 0.15) is 18.9 Å². The van der Waals surface area contributed by atoms with Crippen molar-refractivity contribution in [1.29, 1.82) is 0 Å². The molecule has 0 heterocycles. The molecule has 0 aliphatic rings. The van der Waals surface area contributed by atoms with Crippen LogP contribution in [0.25, 0.3) is 0 Å². The summed E-state index contributed by atoms with van der Waals surface area (Å²) in [5.74, 6) is -3.59. The van der Waals surface area contributed by atoms with Gasteiger partial charge in [-0.25, -0.2) is 4.39 Å². The molecule has 0 fully saturated rings. The van der Waals surface area contributed by atoms with Crippen LogP contribution >= 0.6 is 0 Å². The van der Waals surface area contributed by atoms with Crippen molar-refractivity contribution in [2.45, 2.75) is 25.6 Å². The second-order valence-electron chi connectivity index (χ2n) is 4.54. The molecule has 5 nitrogen and oxygen atoms in total. The number of rotatable bonds is 4. The molecule has 0 saturated heterocycles. The van der Waals surface area contributed by atoms with E-state index in [-0.39, 0.29) is 19.0 Å². The minimum absolute atomic E-state index is 0.0144. The number of benzene rings is 1. The van der Waals surface area contributed by atoms with Crippen LogP contribution in [0.15, 0.2) is 18.2 Å². The summed E-state index contributed by atoms with van der Waals surface area (Å²) >= 11 is 0. The number of alkyl halides is 3. The third-order valence-corrected chi connectivity index (χ3v) is 2.59. The number of aliphatic hydroxyl groups excluding tert-OH is 1. The van der Waals surface area contributed by atoms with Gasteiger partial charge in [-0.1, -0.05) is 0 Å². The average Bonchev–Trinajstić information content (AvgIpc) is 2.39. The highest BCUT2D eigenvalue weighted by atomic mass is 19.4. The van der Waals surface area contributed by atoms with Crippen molar-refractivity contribution in [3.63, 3.8) is 0 Å². The largest absolute Gasteiger partial charge is 0.418 e. The molecule has 122 valence electrons. The van der Waals surface area contributed by atoms with E-state index < -0.39 is 41.2 Å². The zero-order valence-corrected chi connectivity index (χ0v) is 11.5. The Hall–Kier alpha value is -2.16. The van der Waals surface area contributed by atoms with E-state index in [0.717, 1.165) is 12.1 Å². The monoisotopic (exact) mass is 322 g/mol. The Morgan fingerprint density at radius 1 is 1.27 bits per heavy atom. The molecule has 1 atom stereocenters. The topological polar surface area (TPSA) is 78.4 Å². The minimum atomic E-state index is -4.88. The summed E-state index contributed by atoms with van der Waals surface area (Å²) in [7, 11) is 0. The van der Waals surface area contributed by atoms with Gasteiger partial charge in [-0.05, 0) is 31.5 Å². The fourth-order valence-corrected chi connectivity index (χ4v) is 1.51. The number of aliphatic hydroxyl groups is 1. The van der Waals surface area contributed by atoms with E-state index in [2.05, 4.69) is 5.32 Å². The van der Waals surface area contributed by atoms with E-state index in [1.807, 2.05) is 0 Å². The van der Waals surface area contributed by atoms with Crippen LogP contribution in [-0.4, -0.2) is 29.6 Å². The van der Waals surface area contributed by atoms with Gasteiger partial charge in [-0.2, -0.15) is 13.2 Å². The standard InChI is InChI=1S/C13H14F4N2O3/c1-7(20)4-5-18-11(21)12(22)19-10-3-2-8(14)6-9(10)13(15,16)17/h2-3,6-7,20H,4-5H2,1H3,(H,18,21)(H,19,22). The first-order valence-corrected chi connectivity index (χ1v) is 6.25. The molecule has 1 aromatic rings. The second-order valence-corrected chi connectivity index (χ2v) is 4.54. The first-order chi connectivity index (χ1) is 10.1. The van der Waals surface area contributed by atoms with Gasteiger partial charge in [0.25, 0.3) is 0 Å². The van der Waals surface area contributed by atoms with Crippen molar-refractivity contribution < 1.29 is 32.3 Å². The second kappa shape index (κ2) is 7.21. The van der Waals surface area contributed by atoms with Gasteiger partial charge in [0, 0.05) is 6.54 Å². The van der Waals surface area contributed by atoms with Crippen molar-refractivity contribution in [1.82, 2.24) is 5.32 Å². The van der Waals surface area contributed by atoms with Crippen LogP contribution in [0.2, 0.25) is 0 Å². The van der Waals surface area contributed by atoms with Crippen molar-refractivity contribution in [2.24, 2.45) is 0 Å². The number of nitrogens with one attached hydrogen (secondary N) is 2. The van der Waals surface area contributed by atoms with Gasteiger partial charge in [0.15, 0.2) is 0 Å². The summed E-state index contributed by atoms with van der Waals surface area (Å²) in [4.78, 5) is 22.9. The average molecular weight is 322 g/mol. The Labute approximate surface area is 123 Å². The predicted molar refractivity (Wildman–Crippen MR) is 69.3 cm³/mol. The third kappa shape index (κ3) is 5.32. The SMILES string of the molecule is CC(O)CCNC(=O)C(=O)Nc1ccc(F)cc1C(F)(F)F. The van der Waals surface area contributed by atoms with Crippen LogP contribution in [0.5, 0.6) is 0 Å². The molecule has 2 amide bonds. The first-order valence-electron chi connectivity index (χ1n) is 6.25. The zero-order chi connectivity index (χ0) is 16.9. The fourth-order valence-electron chi connectivity index (χ4n) is 1.51. The van der Waals surface area contributed by atoms with E-state index >= 15 is 0 Å². The van der Waals surface area contributed by atoms with Gasteiger partial charge in [0.05, 0.1) is 17.4 Å². The zero-order valence-electron chi connectivity index (χ0n) is 11.5. The summed E-state index contributed by atoms with van der Waals surface area (Å²) in [6, 6.07) is 1.68.